The first kappa shape index (κ1) is 5.94. The highest BCUT2D eigenvalue weighted by Gasteiger charge is 1.85. The first-order valence-electron chi connectivity index (χ1n) is 1.63. The summed E-state index contributed by atoms with van der Waals surface area (Å²) < 4.78 is 0. The molecule has 5 heavy (non-hydrogen) atoms. The van der Waals surface area contributed by atoms with Crippen molar-refractivity contribution in [2.75, 3.05) is 0 Å². The molecule has 0 aliphatic carbocycles. The molecule has 0 rings (SSSR count). The van der Waals surface area contributed by atoms with E-state index in [9.17, 15) is 0 Å². The van der Waals surface area contributed by atoms with E-state index in [1.54, 1.807) is 0 Å². The maximum Gasteiger partial charge on any atom is 0.0741 e. The summed E-state index contributed by atoms with van der Waals surface area (Å²) in [6.45, 7) is 4.48. The molecular formula is C2H8ClPSi. The van der Waals surface area contributed by atoms with E-state index in [4.69, 9.17) is 11.2 Å². The minimum atomic E-state index is -0.356. The van der Waals surface area contributed by atoms with Crippen LogP contribution in [0.15, 0.2) is 0 Å². The van der Waals surface area contributed by atoms with E-state index in [2.05, 4.69) is 13.1 Å². The maximum atomic E-state index is 5.43. The largest absolute Gasteiger partial charge is 0.105 e. The molecule has 0 spiro atoms. The van der Waals surface area contributed by atoms with Gasteiger partial charge in [-0.3, -0.25) is 0 Å². The van der Waals surface area contributed by atoms with Gasteiger partial charge in [-0.2, -0.15) is 0 Å². The third kappa shape index (κ3) is 4.94. The lowest BCUT2D eigenvalue weighted by atomic mass is 11.9. The molecule has 0 aromatic carbocycles. The Balaban J connectivity index is 2.54. The van der Waals surface area contributed by atoms with Crippen molar-refractivity contribution in [2.45, 2.75) is 13.1 Å². The Kier molecular flexibility index (Phi) is 3.73. The van der Waals surface area contributed by atoms with E-state index in [0.717, 1.165) is 7.48 Å². The second-order valence-electron chi connectivity index (χ2n) is 1.26. The maximum absolute atomic E-state index is 5.43. The van der Waals surface area contributed by atoms with E-state index < -0.39 is 0 Å². The summed E-state index contributed by atoms with van der Waals surface area (Å²) in [7, 11) is 0.369. The first-order valence-corrected chi connectivity index (χ1v) is 7.76. The van der Waals surface area contributed by atoms with E-state index in [1.165, 1.54) is 0 Å². The van der Waals surface area contributed by atoms with Crippen LogP contribution in [0.5, 0.6) is 0 Å². The summed E-state index contributed by atoms with van der Waals surface area (Å²) in [4.78, 5) is 0. The van der Waals surface area contributed by atoms with Gasteiger partial charge in [-0.15, -0.1) is 11.2 Å². The second-order valence-corrected chi connectivity index (χ2v) is 9.87. The highest BCUT2D eigenvalue weighted by molar-refractivity contribution is 7.95. The van der Waals surface area contributed by atoms with Crippen molar-refractivity contribution in [2.24, 2.45) is 0 Å². The summed E-state index contributed by atoms with van der Waals surface area (Å²) in [5.41, 5.74) is 0. The van der Waals surface area contributed by atoms with Gasteiger partial charge in [0.2, 0.25) is 0 Å². The quantitative estimate of drug-likeness (QED) is 0.371. The number of hydrogen-bond donors (Lipinski definition) is 0. The van der Waals surface area contributed by atoms with Gasteiger partial charge in [0.15, 0.2) is 0 Å². The number of rotatable bonds is 1. The molecule has 0 radical (unpaired) electrons. The summed E-state index contributed by atoms with van der Waals surface area (Å²) in [5, 5.41) is 0. The molecular weight excluding hydrogens is 119 g/mol. The van der Waals surface area contributed by atoms with Crippen LogP contribution in [0.4, 0.5) is 0 Å². The first-order chi connectivity index (χ1) is 2.27. The normalized spacial score (nSPS) is 12.0. The topological polar surface area (TPSA) is 0 Å². The Morgan fingerprint density at radius 2 is 1.80 bits per heavy atom. The molecule has 0 bridgehead atoms. The van der Waals surface area contributed by atoms with Crippen molar-refractivity contribution in [3.05, 3.63) is 0 Å². The Morgan fingerprint density at radius 3 is 1.80 bits per heavy atom. The van der Waals surface area contributed by atoms with Crippen LogP contribution in [0.25, 0.3) is 0 Å². The molecule has 3 heteroatoms. The predicted molar refractivity (Wildman–Crippen MR) is 33.0 cm³/mol. The molecule has 0 nitrogen and oxygen atoms in total. The van der Waals surface area contributed by atoms with Gasteiger partial charge in [0.05, 0.1) is 8.46 Å². The molecule has 0 saturated carbocycles. The van der Waals surface area contributed by atoms with Crippen molar-refractivity contribution < 1.29 is 0 Å². The van der Waals surface area contributed by atoms with Crippen LogP contribution in [-0.2, 0) is 0 Å². The van der Waals surface area contributed by atoms with Crippen LogP contribution in [0.2, 0.25) is 13.1 Å². The number of hydrogen-bond acceptors (Lipinski definition) is 0. The number of halogens is 1. The van der Waals surface area contributed by atoms with Gasteiger partial charge in [-0.1, -0.05) is 13.1 Å². The molecule has 0 N–H and O–H groups in total. The summed E-state index contributed by atoms with van der Waals surface area (Å²) >= 11 is 5.43. The highest BCUT2D eigenvalue weighted by Crippen LogP contribution is 2.18. The van der Waals surface area contributed by atoms with Gasteiger partial charge in [-0.05, 0) is 7.48 Å². The Hall–Kier alpha value is 0.937. The fourth-order valence-electron chi connectivity index (χ4n) is 0. The van der Waals surface area contributed by atoms with Gasteiger partial charge in [-0.25, -0.2) is 0 Å². The molecule has 0 heterocycles. The lowest BCUT2D eigenvalue weighted by Gasteiger charge is -1.85. The molecule has 1 unspecified atom stereocenters. The Bertz CT molecular complexity index is 23.6. The van der Waals surface area contributed by atoms with Crippen LogP contribution in [-0.4, -0.2) is 8.46 Å². The smallest absolute Gasteiger partial charge is 0.0741 e. The van der Waals surface area contributed by atoms with Crippen LogP contribution in [0.3, 0.4) is 0 Å². The fourth-order valence-corrected chi connectivity index (χ4v) is 0. The van der Waals surface area contributed by atoms with Gasteiger partial charge >= 0.3 is 0 Å². The van der Waals surface area contributed by atoms with Crippen LogP contribution >= 0.6 is 18.7 Å². The molecule has 0 aliphatic rings. The zero-order chi connectivity index (χ0) is 4.28. The van der Waals surface area contributed by atoms with Crippen molar-refractivity contribution in [3.63, 3.8) is 0 Å². The average Bonchev–Trinajstić information content (AvgIpc) is 1.38. The summed E-state index contributed by atoms with van der Waals surface area (Å²) in [5.74, 6) is 0. The molecule has 0 saturated heterocycles. The second kappa shape index (κ2) is 3.14. The van der Waals surface area contributed by atoms with Gasteiger partial charge in [0, 0.05) is 0 Å². The summed E-state index contributed by atoms with van der Waals surface area (Å²) in [6, 6.07) is 0. The van der Waals surface area contributed by atoms with Crippen molar-refractivity contribution >= 4 is 27.2 Å². The molecule has 0 aliphatic heterocycles. The van der Waals surface area contributed by atoms with E-state index >= 15 is 0 Å². The SMILES string of the molecule is C[SiH](C)PCl. The van der Waals surface area contributed by atoms with E-state index in [1.807, 2.05) is 0 Å². The Labute approximate surface area is 40.9 Å². The minimum absolute atomic E-state index is 0.356. The minimum Gasteiger partial charge on any atom is -0.105 e. The van der Waals surface area contributed by atoms with Crippen molar-refractivity contribution in [3.8, 4) is 0 Å². The third-order valence-electron chi connectivity index (χ3n) is 0.218. The fraction of sp³-hybridized carbons (Fsp3) is 1.00. The lowest BCUT2D eigenvalue weighted by molar-refractivity contribution is 2.11. The van der Waals surface area contributed by atoms with Gasteiger partial charge < -0.3 is 0 Å². The standard InChI is InChI=1S/C2H8ClPSi/c1-5(2)4-3/h4-5H,1-2H3. The van der Waals surface area contributed by atoms with Crippen LogP contribution in [0, 0.1) is 0 Å². The van der Waals surface area contributed by atoms with Crippen LogP contribution in [0.1, 0.15) is 0 Å². The highest BCUT2D eigenvalue weighted by atomic mass is 35.7. The third-order valence-corrected chi connectivity index (χ3v) is 5.89. The van der Waals surface area contributed by atoms with Crippen molar-refractivity contribution in [1.82, 2.24) is 0 Å². The molecule has 32 valence electrons. The van der Waals surface area contributed by atoms with Crippen LogP contribution < -0.4 is 0 Å². The van der Waals surface area contributed by atoms with Gasteiger partial charge in [0.1, 0.15) is 0 Å². The molecule has 0 amide bonds. The Morgan fingerprint density at radius 1 is 1.60 bits per heavy atom. The molecule has 0 fully saturated rings. The van der Waals surface area contributed by atoms with E-state index in [0.29, 0.717) is 0 Å². The molecule has 1 atom stereocenters. The van der Waals surface area contributed by atoms with E-state index in [-0.39, 0.29) is 8.46 Å². The molecule has 0 aromatic rings. The zero-order valence-corrected chi connectivity index (χ0v) is 6.37. The van der Waals surface area contributed by atoms with Gasteiger partial charge in [0.25, 0.3) is 0 Å². The zero-order valence-electron chi connectivity index (χ0n) is 3.46. The monoisotopic (exact) mass is 126 g/mol. The average molecular weight is 127 g/mol. The lowest BCUT2D eigenvalue weighted by Crippen LogP contribution is -1.81. The van der Waals surface area contributed by atoms with Crippen molar-refractivity contribution in [1.29, 1.82) is 0 Å². The summed E-state index contributed by atoms with van der Waals surface area (Å²) in [6.07, 6.45) is 0. The predicted octanol–water partition coefficient (Wildman–Crippen LogP) is 1.80. The molecule has 0 aromatic heterocycles.